The van der Waals surface area contributed by atoms with Gasteiger partial charge in [-0.05, 0) is 40.9 Å². The molecule has 2 rings (SSSR count). The third-order valence-corrected chi connectivity index (χ3v) is 4.24. The minimum absolute atomic E-state index is 0.0516. The number of anilines is 1. The van der Waals surface area contributed by atoms with Crippen LogP contribution < -0.4 is 14.8 Å². The second-order valence-corrected chi connectivity index (χ2v) is 6.56. The number of hydrogen-bond acceptors (Lipinski definition) is 5. The predicted molar refractivity (Wildman–Crippen MR) is 107 cm³/mol. The van der Waals surface area contributed by atoms with E-state index in [9.17, 15) is 14.9 Å². The molecule has 0 aromatic heterocycles. The number of rotatable bonds is 9. The third-order valence-electron chi connectivity index (χ3n) is 3.55. The first-order valence-corrected chi connectivity index (χ1v) is 9.41. The van der Waals surface area contributed by atoms with Gasteiger partial charge in [-0.3, -0.25) is 14.9 Å². The van der Waals surface area contributed by atoms with Crippen molar-refractivity contribution in [2.45, 2.75) is 26.7 Å². The maximum Gasteiger partial charge on any atom is 0.296 e. The van der Waals surface area contributed by atoms with E-state index < -0.39 is 10.8 Å². The SMILES string of the molecule is CCCOc1cc(NC(=O)c2ccccc2Br)c([N+](=O)[O-])cc1OCCC. The van der Waals surface area contributed by atoms with Crippen LogP contribution in [0.2, 0.25) is 0 Å². The average Bonchev–Trinajstić information content (AvgIpc) is 2.65. The topological polar surface area (TPSA) is 90.7 Å². The van der Waals surface area contributed by atoms with Crippen LogP contribution in [-0.2, 0) is 0 Å². The molecule has 0 bridgehead atoms. The number of nitro groups is 1. The van der Waals surface area contributed by atoms with E-state index in [-0.39, 0.29) is 17.1 Å². The fourth-order valence-corrected chi connectivity index (χ4v) is 2.75. The molecule has 0 heterocycles. The minimum Gasteiger partial charge on any atom is -0.490 e. The van der Waals surface area contributed by atoms with Gasteiger partial charge in [0, 0.05) is 10.5 Å². The standard InChI is InChI=1S/C19H21BrN2O5/c1-3-9-26-17-11-15(16(22(24)25)12-18(17)27-10-4-2)21-19(23)13-7-5-6-8-14(13)20/h5-8,11-12H,3-4,9-10H2,1-2H3,(H,21,23). The molecule has 7 nitrogen and oxygen atoms in total. The lowest BCUT2D eigenvalue weighted by atomic mass is 10.2. The van der Waals surface area contributed by atoms with Gasteiger partial charge in [-0.15, -0.1) is 0 Å². The Morgan fingerprint density at radius 1 is 1.11 bits per heavy atom. The molecule has 2 aromatic rings. The molecule has 0 aliphatic carbocycles. The number of hydrogen-bond donors (Lipinski definition) is 1. The normalized spacial score (nSPS) is 10.3. The summed E-state index contributed by atoms with van der Waals surface area (Å²) in [5.41, 5.74) is 0.162. The number of carbonyl (C=O) groups is 1. The molecule has 144 valence electrons. The molecule has 0 saturated heterocycles. The number of benzene rings is 2. The molecule has 0 saturated carbocycles. The van der Waals surface area contributed by atoms with Crippen LogP contribution in [0.5, 0.6) is 11.5 Å². The third kappa shape index (κ3) is 5.43. The summed E-state index contributed by atoms with van der Waals surface area (Å²) in [6, 6.07) is 9.56. The summed E-state index contributed by atoms with van der Waals surface area (Å²) in [5, 5.41) is 14.1. The Hall–Kier alpha value is -2.61. The van der Waals surface area contributed by atoms with Crippen molar-refractivity contribution in [1.29, 1.82) is 0 Å². The minimum atomic E-state index is -0.557. The molecule has 1 N–H and O–H groups in total. The van der Waals surface area contributed by atoms with Gasteiger partial charge in [0.1, 0.15) is 5.69 Å². The summed E-state index contributed by atoms with van der Waals surface area (Å²) in [6.45, 7) is 4.72. The van der Waals surface area contributed by atoms with Gasteiger partial charge in [0.05, 0.1) is 29.8 Å². The zero-order valence-electron chi connectivity index (χ0n) is 15.2. The Bertz CT molecular complexity index is 826. The number of nitrogens with one attached hydrogen (secondary N) is 1. The average molecular weight is 437 g/mol. The highest BCUT2D eigenvalue weighted by molar-refractivity contribution is 9.10. The predicted octanol–water partition coefficient (Wildman–Crippen LogP) is 5.19. The Morgan fingerprint density at radius 2 is 1.70 bits per heavy atom. The Kier molecular flexibility index (Phi) is 7.60. The zero-order valence-corrected chi connectivity index (χ0v) is 16.7. The lowest BCUT2D eigenvalue weighted by molar-refractivity contribution is -0.384. The highest BCUT2D eigenvalue weighted by Gasteiger charge is 2.22. The Labute approximate surface area is 166 Å². The van der Waals surface area contributed by atoms with E-state index in [1.165, 1.54) is 12.1 Å². The highest BCUT2D eigenvalue weighted by atomic mass is 79.9. The molecule has 1 amide bonds. The van der Waals surface area contributed by atoms with Crippen molar-refractivity contribution in [2.75, 3.05) is 18.5 Å². The van der Waals surface area contributed by atoms with Gasteiger partial charge in [-0.1, -0.05) is 26.0 Å². The van der Waals surface area contributed by atoms with Crippen molar-refractivity contribution >= 4 is 33.2 Å². The molecule has 0 unspecified atom stereocenters. The summed E-state index contributed by atoms with van der Waals surface area (Å²) in [5.74, 6) is 0.184. The fourth-order valence-electron chi connectivity index (χ4n) is 2.29. The van der Waals surface area contributed by atoms with Gasteiger partial charge in [-0.25, -0.2) is 0 Å². The van der Waals surface area contributed by atoms with Crippen LogP contribution in [0.4, 0.5) is 11.4 Å². The Morgan fingerprint density at radius 3 is 2.26 bits per heavy atom. The first kappa shape index (κ1) is 20.7. The highest BCUT2D eigenvalue weighted by Crippen LogP contribution is 2.38. The van der Waals surface area contributed by atoms with Gasteiger partial charge in [0.25, 0.3) is 11.6 Å². The van der Waals surface area contributed by atoms with E-state index in [2.05, 4.69) is 21.2 Å². The van der Waals surface area contributed by atoms with Crippen LogP contribution in [0.1, 0.15) is 37.0 Å². The first-order chi connectivity index (χ1) is 13.0. The first-order valence-electron chi connectivity index (χ1n) is 8.61. The van der Waals surface area contributed by atoms with Gasteiger partial charge >= 0.3 is 0 Å². The van der Waals surface area contributed by atoms with E-state index >= 15 is 0 Å². The van der Waals surface area contributed by atoms with Crippen LogP contribution in [-0.4, -0.2) is 24.0 Å². The summed E-state index contributed by atoms with van der Waals surface area (Å²) in [6.07, 6.45) is 1.52. The fraction of sp³-hybridized carbons (Fsp3) is 0.316. The quantitative estimate of drug-likeness (QED) is 0.431. The molecule has 0 fully saturated rings. The molecule has 2 aromatic carbocycles. The van der Waals surface area contributed by atoms with Crippen LogP contribution in [0.15, 0.2) is 40.9 Å². The summed E-state index contributed by atoms with van der Waals surface area (Å²) in [7, 11) is 0. The lowest BCUT2D eigenvalue weighted by Crippen LogP contribution is -2.14. The molecule has 0 aliphatic heterocycles. The largest absolute Gasteiger partial charge is 0.490 e. The van der Waals surface area contributed by atoms with Crippen LogP contribution in [0.3, 0.4) is 0 Å². The van der Waals surface area contributed by atoms with E-state index in [1.807, 2.05) is 13.8 Å². The monoisotopic (exact) mass is 436 g/mol. The van der Waals surface area contributed by atoms with Crippen LogP contribution in [0, 0.1) is 10.1 Å². The number of nitro benzene ring substituents is 1. The molecular weight excluding hydrogens is 416 g/mol. The molecular formula is C19H21BrN2O5. The van der Waals surface area contributed by atoms with E-state index in [0.29, 0.717) is 29.0 Å². The van der Waals surface area contributed by atoms with E-state index in [0.717, 1.165) is 12.8 Å². The molecule has 0 radical (unpaired) electrons. The zero-order chi connectivity index (χ0) is 19.8. The number of nitrogens with zero attached hydrogens (tertiary/aromatic N) is 1. The number of carbonyl (C=O) groups excluding carboxylic acids is 1. The van der Waals surface area contributed by atoms with Crippen molar-refractivity contribution in [2.24, 2.45) is 0 Å². The molecule has 8 heteroatoms. The van der Waals surface area contributed by atoms with E-state index in [4.69, 9.17) is 9.47 Å². The maximum atomic E-state index is 12.6. The molecule has 0 atom stereocenters. The maximum absolute atomic E-state index is 12.6. The van der Waals surface area contributed by atoms with E-state index in [1.54, 1.807) is 24.3 Å². The summed E-state index contributed by atoms with van der Waals surface area (Å²) < 4.78 is 11.8. The number of halogens is 1. The van der Waals surface area contributed by atoms with Gasteiger partial charge < -0.3 is 14.8 Å². The van der Waals surface area contributed by atoms with Gasteiger partial charge in [0.2, 0.25) is 0 Å². The smallest absolute Gasteiger partial charge is 0.296 e. The Balaban J connectivity index is 2.42. The second-order valence-electron chi connectivity index (χ2n) is 5.70. The van der Waals surface area contributed by atoms with Crippen molar-refractivity contribution in [3.63, 3.8) is 0 Å². The number of amides is 1. The summed E-state index contributed by atoms with van der Waals surface area (Å²) >= 11 is 3.31. The van der Waals surface area contributed by atoms with Crippen molar-refractivity contribution < 1.29 is 19.2 Å². The van der Waals surface area contributed by atoms with Crippen molar-refractivity contribution in [1.82, 2.24) is 0 Å². The number of ether oxygens (including phenoxy) is 2. The molecule has 0 spiro atoms. The van der Waals surface area contributed by atoms with Gasteiger partial charge in [0.15, 0.2) is 11.5 Å². The van der Waals surface area contributed by atoms with Crippen LogP contribution >= 0.6 is 15.9 Å². The lowest BCUT2D eigenvalue weighted by Gasteiger charge is -2.15. The van der Waals surface area contributed by atoms with Crippen molar-refractivity contribution in [3.05, 3.63) is 56.5 Å². The summed E-state index contributed by atoms with van der Waals surface area (Å²) in [4.78, 5) is 23.5. The molecule has 0 aliphatic rings. The molecule has 27 heavy (non-hydrogen) atoms. The van der Waals surface area contributed by atoms with Crippen LogP contribution in [0.25, 0.3) is 0 Å². The van der Waals surface area contributed by atoms with Crippen molar-refractivity contribution in [3.8, 4) is 11.5 Å². The second kappa shape index (κ2) is 9.91. The van der Waals surface area contributed by atoms with Gasteiger partial charge in [-0.2, -0.15) is 0 Å².